The minimum atomic E-state index is -4.42. The quantitative estimate of drug-likeness (QED) is 0.706. The molecule has 15 heavy (non-hydrogen) atoms. The number of hydrogen-bond acceptors (Lipinski definition) is 0. The lowest BCUT2D eigenvalue weighted by atomic mass is 9.99. The number of allylic oxidation sites excluding steroid dienone is 1. The maximum absolute atomic E-state index is 12.5. The largest absolute Gasteiger partial charge is 0.417 e. The Morgan fingerprint density at radius 1 is 1.40 bits per heavy atom. The first kappa shape index (κ1) is 12.1. The lowest BCUT2D eigenvalue weighted by Crippen LogP contribution is -2.07. The molecule has 0 saturated carbocycles. The summed E-state index contributed by atoms with van der Waals surface area (Å²) >= 11 is 5.47. The van der Waals surface area contributed by atoms with E-state index in [0.29, 0.717) is 11.5 Å². The highest BCUT2D eigenvalue weighted by molar-refractivity contribution is 6.31. The molecule has 0 aliphatic carbocycles. The van der Waals surface area contributed by atoms with Crippen LogP contribution in [0.4, 0.5) is 13.2 Å². The molecule has 1 aromatic rings. The molecule has 0 heterocycles. The molecule has 0 amide bonds. The van der Waals surface area contributed by atoms with Gasteiger partial charge in [-0.25, -0.2) is 0 Å². The van der Waals surface area contributed by atoms with Crippen molar-refractivity contribution in [2.24, 2.45) is 0 Å². The third kappa shape index (κ3) is 2.75. The van der Waals surface area contributed by atoms with Crippen molar-refractivity contribution < 1.29 is 13.2 Å². The highest BCUT2D eigenvalue weighted by Gasteiger charge is 2.33. The summed E-state index contributed by atoms with van der Waals surface area (Å²) in [4.78, 5) is 0. The fraction of sp³-hybridized carbons (Fsp3) is 0.182. The van der Waals surface area contributed by atoms with Gasteiger partial charge in [-0.05, 0) is 17.7 Å². The van der Waals surface area contributed by atoms with Gasteiger partial charge >= 0.3 is 6.18 Å². The Hall–Kier alpha value is -0.960. The van der Waals surface area contributed by atoms with E-state index in [1.54, 1.807) is 6.92 Å². The molecule has 0 aliphatic rings. The Kier molecular flexibility index (Phi) is 3.45. The predicted octanol–water partition coefficient (Wildman–Crippen LogP) is 4.49. The highest BCUT2D eigenvalue weighted by Crippen LogP contribution is 2.36. The zero-order chi connectivity index (χ0) is 11.6. The SMILES string of the molecule is C=C[C](C)c1ccc(Cl)c(C(F)(F)F)c1. The summed E-state index contributed by atoms with van der Waals surface area (Å²) in [7, 11) is 0. The third-order valence-electron chi connectivity index (χ3n) is 2.03. The predicted molar refractivity (Wildman–Crippen MR) is 54.7 cm³/mol. The van der Waals surface area contributed by atoms with Gasteiger partial charge < -0.3 is 0 Å². The van der Waals surface area contributed by atoms with E-state index in [9.17, 15) is 13.2 Å². The molecule has 0 saturated heterocycles. The molecule has 0 spiro atoms. The van der Waals surface area contributed by atoms with Gasteiger partial charge in [0.1, 0.15) is 0 Å². The highest BCUT2D eigenvalue weighted by atomic mass is 35.5. The Morgan fingerprint density at radius 2 is 2.00 bits per heavy atom. The summed E-state index contributed by atoms with van der Waals surface area (Å²) in [5.41, 5.74) is -0.343. The van der Waals surface area contributed by atoms with Crippen LogP contribution in [0.2, 0.25) is 5.02 Å². The lowest BCUT2D eigenvalue weighted by Gasteiger charge is -2.12. The van der Waals surface area contributed by atoms with Crippen LogP contribution in [0, 0.1) is 5.92 Å². The topological polar surface area (TPSA) is 0 Å². The van der Waals surface area contributed by atoms with Crippen LogP contribution in [-0.4, -0.2) is 0 Å². The molecule has 1 rings (SSSR count). The van der Waals surface area contributed by atoms with Crippen molar-refractivity contribution in [3.63, 3.8) is 0 Å². The van der Waals surface area contributed by atoms with E-state index in [0.717, 1.165) is 6.07 Å². The molecular weight excluding hydrogens is 225 g/mol. The standard InChI is InChI=1S/C11H9ClF3/c1-3-7(2)8-4-5-10(12)9(6-8)11(13,14)15/h3-6H,1H2,2H3. The number of hydrogen-bond donors (Lipinski definition) is 0. The van der Waals surface area contributed by atoms with Gasteiger partial charge in [0, 0.05) is 5.92 Å². The van der Waals surface area contributed by atoms with Crippen molar-refractivity contribution in [3.8, 4) is 0 Å². The smallest absolute Gasteiger partial charge is 0.166 e. The first-order valence-electron chi connectivity index (χ1n) is 4.19. The summed E-state index contributed by atoms with van der Waals surface area (Å²) in [6.07, 6.45) is -2.92. The average Bonchev–Trinajstić information content (AvgIpc) is 2.15. The molecule has 0 aliphatic heterocycles. The first-order chi connectivity index (χ1) is 6.86. The summed E-state index contributed by atoms with van der Waals surface area (Å²) in [6, 6.07) is 3.81. The lowest BCUT2D eigenvalue weighted by molar-refractivity contribution is -0.137. The fourth-order valence-corrected chi connectivity index (χ4v) is 1.33. The van der Waals surface area contributed by atoms with Gasteiger partial charge in [0.2, 0.25) is 0 Å². The minimum Gasteiger partial charge on any atom is -0.166 e. The maximum atomic E-state index is 12.5. The van der Waals surface area contributed by atoms with Gasteiger partial charge in [-0.3, -0.25) is 0 Å². The molecule has 0 nitrogen and oxygen atoms in total. The van der Waals surface area contributed by atoms with Gasteiger partial charge in [-0.15, -0.1) is 6.58 Å². The van der Waals surface area contributed by atoms with Crippen molar-refractivity contribution in [2.75, 3.05) is 0 Å². The van der Waals surface area contributed by atoms with E-state index in [4.69, 9.17) is 11.6 Å². The van der Waals surface area contributed by atoms with Crippen LogP contribution >= 0.6 is 11.6 Å². The van der Waals surface area contributed by atoms with E-state index in [-0.39, 0.29) is 5.02 Å². The second-order valence-electron chi connectivity index (χ2n) is 3.08. The second kappa shape index (κ2) is 4.27. The Balaban J connectivity index is 3.22. The summed E-state index contributed by atoms with van der Waals surface area (Å²) < 4.78 is 37.4. The van der Waals surface area contributed by atoms with E-state index in [2.05, 4.69) is 6.58 Å². The number of benzene rings is 1. The Labute approximate surface area is 91.4 Å². The van der Waals surface area contributed by atoms with Gasteiger partial charge in [0.25, 0.3) is 0 Å². The van der Waals surface area contributed by atoms with Crippen LogP contribution in [0.25, 0.3) is 0 Å². The molecule has 0 fully saturated rings. The third-order valence-corrected chi connectivity index (χ3v) is 2.36. The number of halogens is 4. The van der Waals surface area contributed by atoms with Crippen molar-refractivity contribution >= 4 is 11.6 Å². The Morgan fingerprint density at radius 3 is 2.47 bits per heavy atom. The van der Waals surface area contributed by atoms with Crippen molar-refractivity contribution in [1.82, 2.24) is 0 Å². The molecule has 4 heteroatoms. The molecule has 0 atom stereocenters. The second-order valence-corrected chi connectivity index (χ2v) is 3.49. The molecule has 0 unspecified atom stereocenters. The minimum absolute atomic E-state index is 0.289. The first-order valence-corrected chi connectivity index (χ1v) is 4.57. The average molecular weight is 234 g/mol. The monoisotopic (exact) mass is 233 g/mol. The van der Waals surface area contributed by atoms with Crippen molar-refractivity contribution in [3.05, 3.63) is 52.9 Å². The van der Waals surface area contributed by atoms with Crippen LogP contribution in [0.3, 0.4) is 0 Å². The number of rotatable bonds is 2. The van der Waals surface area contributed by atoms with Crippen LogP contribution in [-0.2, 0) is 6.18 Å². The maximum Gasteiger partial charge on any atom is 0.417 e. The summed E-state index contributed by atoms with van der Waals surface area (Å²) in [6.45, 7) is 5.19. The molecule has 0 bridgehead atoms. The zero-order valence-corrected chi connectivity index (χ0v) is 8.78. The van der Waals surface area contributed by atoms with Crippen molar-refractivity contribution in [2.45, 2.75) is 13.1 Å². The molecular formula is C11H9ClF3. The van der Waals surface area contributed by atoms with Gasteiger partial charge in [-0.2, -0.15) is 13.2 Å². The van der Waals surface area contributed by atoms with Crippen LogP contribution < -0.4 is 0 Å². The van der Waals surface area contributed by atoms with Crippen LogP contribution in [0.5, 0.6) is 0 Å². The van der Waals surface area contributed by atoms with Gasteiger partial charge in [0.15, 0.2) is 0 Å². The molecule has 1 radical (unpaired) electrons. The zero-order valence-electron chi connectivity index (χ0n) is 8.03. The van der Waals surface area contributed by atoms with E-state index in [1.807, 2.05) is 0 Å². The van der Waals surface area contributed by atoms with E-state index >= 15 is 0 Å². The Bertz CT molecular complexity index is 369. The molecule has 1 aromatic carbocycles. The van der Waals surface area contributed by atoms with Gasteiger partial charge in [0.05, 0.1) is 10.6 Å². The van der Waals surface area contributed by atoms with E-state index in [1.165, 1.54) is 18.2 Å². The van der Waals surface area contributed by atoms with Crippen LogP contribution in [0.15, 0.2) is 30.9 Å². The summed E-state index contributed by atoms with van der Waals surface area (Å²) in [5, 5.41) is -0.289. The molecule has 0 N–H and O–H groups in total. The van der Waals surface area contributed by atoms with Gasteiger partial charge in [-0.1, -0.05) is 30.7 Å². The normalized spacial score (nSPS) is 11.9. The van der Waals surface area contributed by atoms with E-state index < -0.39 is 11.7 Å². The number of alkyl halides is 3. The summed E-state index contributed by atoms with van der Waals surface area (Å²) in [5.74, 6) is 0.678. The molecule has 0 aromatic heterocycles. The van der Waals surface area contributed by atoms with Crippen LogP contribution in [0.1, 0.15) is 18.1 Å². The van der Waals surface area contributed by atoms with Crippen molar-refractivity contribution in [1.29, 1.82) is 0 Å². The fourth-order valence-electron chi connectivity index (χ4n) is 1.11. The molecule has 81 valence electrons.